The molecule has 0 aliphatic rings. The normalized spacial score (nSPS) is 8.81. The quantitative estimate of drug-likeness (QED) is 0.0855. The van der Waals surface area contributed by atoms with Crippen molar-refractivity contribution in [3.8, 4) is 0 Å². The zero-order valence-electron chi connectivity index (χ0n) is 48.8. The fourth-order valence-electron chi connectivity index (χ4n) is 2.30. The van der Waals surface area contributed by atoms with E-state index in [-0.39, 0.29) is 134 Å². The minimum atomic E-state index is -1.30. The third-order valence-electron chi connectivity index (χ3n) is 10.4. The first-order valence-corrected chi connectivity index (χ1v) is 51.6. The van der Waals surface area contributed by atoms with E-state index >= 15 is 0 Å². The van der Waals surface area contributed by atoms with Crippen LogP contribution in [0.2, 0.25) is 131 Å². The van der Waals surface area contributed by atoms with E-state index in [9.17, 15) is 0 Å². The van der Waals surface area contributed by atoms with Gasteiger partial charge in [0.1, 0.15) is 59.1 Å². The maximum absolute atomic E-state index is 3.70. The Morgan fingerprint density at radius 3 is 0.470 bits per heavy atom. The Kier molecular flexibility index (Phi) is 184. The van der Waals surface area contributed by atoms with Gasteiger partial charge in [0.15, 0.2) is 16.5 Å². The average molecular weight is 1350 g/mol. The molecule has 9 nitrogen and oxygen atoms in total. The van der Waals surface area contributed by atoms with E-state index in [1.807, 2.05) is 80.5 Å². The molecule has 0 bridgehead atoms. The maximum atomic E-state index is 3.70. The fourth-order valence-corrected chi connectivity index (χ4v) is 5.55. The Balaban J connectivity index is -0.0000000195. The Bertz CT molecular complexity index is 1240. The third kappa shape index (κ3) is 136. The van der Waals surface area contributed by atoms with Gasteiger partial charge in [0.05, 0.1) is 0 Å². The molecule has 0 aliphatic heterocycles. The van der Waals surface area contributed by atoms with E-state index in [4.69, 9.17) is 0 Å². The van der Waals surface area contributed by atoms with Crippen molar-refractivity contribution in [1.82, 2.24) is 44.8 Å². The third-order valence-corrected chi connectivity index (χ3v) is 28.7. The van der Waals surface area contributed by atoms with Gasteiger partial charge in [0.25, 0.3) is 0 Å². The SMILES string of the molecule is C.C.C.C.C.C.C.C.C.C.C.C.C.C.C.C.C.C.C=C[Si](C)(C)NC.C=C[Si](C)(C)NC.C=C[Si](C)(C)NC.CN[SiH](C)C.CN[SiH](C)C.CN[Si](C)(C)C.CN[Si](C)(C)C.CN[Si](C)(C)c1ccccc1.CN[Si](C)(C)c1ccccc1. The second kappa shape index (κ2) is 92.4. The lowest BCUT2D eigenvalue weighted by Gasteiger charge is -2.21. The van der Waals surface area contributed by atoms with Crippen LogP contribution in [0, 0.1) is 0 Å². The van der Waals surface area contributed by atoms with Gasteiger partial charge >= 0.3 is 0 Å². The lowest BCUT2D eigenvalue weighted by atomic mass is 10.4. The van der Waals surface area contributed by atoms with Crippen molar-refractivity contribution in [2.45, 2.75) is 265 Å². The molecule has 0 aliphatic carbocycles. The summed E-state index contributed by atoms with van der Waals surface area (Å²) in [4.78, 5) is 29.2. The highest BCUT2D eigenvalue weighted by Crippen LogP contribution is 1.99. The highest BCUT2D eigenvalue weighted by atomic mass is 28.3. The molecule has 0 unspecified atom stereocenters. The Labute approximate surface area is 552 Å². The van der Waals surface area contributed by atoms with Crippen molar-refractivity contribution >= 4 is 85.9 Å². The van der Waals surface area contributed by atoms with Crippen molar-refractivity contribution in [2.24, 2.45) is 0 Å². The van der Waals surface area contributed by atoms with Crippen molar-refractivity contribution in [2.75, 3.05) is 63.4 Å². The zero-order chi connectivity index (χ0) is 53.4. The number of hydrogen-bond donors (Lipinski definition) is 9. The summed E-state index contributed by atoms with van der Waals surface area (Å²) in [7, 11) is 9.50. The number of hydrogen-bond acceptors (Lipinski definition) is 9. The summed E-state index contributed by atoms with van der Waals surface area (Å²) in [5.41, 5.74) is 6.06. The van der Waals surface area contributed by atoms with E-state index in [1.165, 1.54) is 10.4 Å². The van der Waals surface area contributed by atoms with E-state index in [1.54, 1.807) is 0 Å². The van der Waals surface area contributed by atoms with Gasteiger partial charge in [-0.05, 0) is 73.8 Å². The van der Waals surface area contributed by atoms with Crippen LogP contribution >= 0.6 is 0 Å². The van der Waals surface area contributed by atoms with Crippen LogP contribution in [0.3, 0.4) is 0 Å². The topological polar surface area (TPSA) is 108 Å². The highest BCUT2D eigenvalue weighted by molar-refractivity contribution is 6.88. The molecule has 9 N–H and O–H groups in total. The second-order valence-corrected chi connectivity index (χ2v) is 58.4. The summed E-state index contributed by atoms with van der Waals surface area (Å²) in [5.74, 6) is 0. The Hall–Kier alpha value is -0.748. The van der Waals surface area contributed by atoms with E-state index in [0.29, 0.717) is 0 Å². The molecule has 530 valence electrons. The molecule has 2 aromatic rings. The van der Waals surface area contributed by atoms with Gasteiger partial charge in [-0.1, -0.05) is 342 Å². The Morgan fingerprint density at radius 1 is 0.277 bits per heavy atom. The molecular formula is C65H189N9Si9. The monoisotopic (exact) mass is 1350 g/mol. The molecular weight excluding hydrogens is 1160 g/mol. The standard InChI is InChI=1S/2C9H15NSi.3C5H13NSi.2C4H13NSi.2C3H11NSi.18CH4/c2*1-10-11(2,3)9-7-5-4-6-8-9;3*1-5-7(3,4)6-2;2*1-5-6(2,3)4;2*1-4-5(2)3;;;;;;;;;;;;;;;;;;/h2*4-8,10H,1-3H3;3*5-6H,1H2,2-4H3;2*5H,1-4H3;2*4-5H,1-3H3;18*1H4. The summed E-state index contributed by atoms with van der Waals surface area (Å²) >= 11 is 0. The van der Waals surface area contributed by atoms with Gasteiger partial charge in [-0.3, -0.25) is 0 Å². The molecule has 18 heteroatoms. The maximum Gasteiger partial charge on any atom is 0.151 e. The second-order valence-electron chi connectivity index (χ2n) is 20.9. The zero-order valence-corrected chi connectivity index (χ0v) is 58.1. The van der Waals surface area contributed by atoms with Crippen molar-refractivity contribution in [3.05, 3.63) is 97.5 Å². The van der Waals surface area contributed by atoms with Crippen LogP contribution in [-0.4, -0.2) is 139 Å². The first-order valence-electron chi connectivity index (χ1n) is 23.5. The van der Waals surface area contributed by atoms with Gasteiger partial charge in [0.2, 0.25) is 0 Å². The molecule has 0 spiro atoms. The summed E-state index contributed by atoms with van der Waals surface area (Å²) in [5, 5.41) is 2.92. The molecule has 0 saturated heterocycles. The average Bonchev–Trinajstić information content (AvgIpc) is 3.28. The van der Waals surface area contributed by atoms with Gasteiger partial charge in [0, 0.05) is 0 Å². The molecule has 0 heterocycles. The minimum absolute atomic E-state index is 0. The van der Waals surface area contributed by atoms with Crippen molar-refractivity contribution in [3.63, 3.8) is 0 Å². The minimum Gasteiger partial charge on any atom is -0.343 e. The predicted octanol–water partition coefficient (Wildman–Crippen LogP) is 20.0. The van der Waals surface area contributed by atoms with E-state index in [0.717, 1.165) is 0 Å². The number of benzene rings is 2. The van der Waals surface area contributed by atoms with Crippen LogP contribution < -0.4 is 55.2 Å². The van der Waals surface area contributed by atoms with Gasteiger partial charge < -0.3 is 44.8 Å². The molecule has 2 rings (SSSR count). The first-order chi connectivity index (χ1) is 29.4. The fraction of sp³-hybridized carbons (Fsp3) is 0.723. The van der Waals surface area contributed by atoms with Crippen LogP contribution in [0.15, 0.2) is 97.5 Å². The van der Waals surface area contributed by atoms with Crippen LogP contribution in [0.25, 0.3) is 0 Å². The lowest BCUT2D eigenvalue weighted by Crippen LogP contribution is -2.53. The van der Waals surface area contributed by atoms with Gasteiger partial charge in [-0.15, -0.1) is 19.7 Å². The molecule has 0 aromatic heterocycles. The summed E-state index contributed by atoms with van der Waals surface area (Å²) in [6, 6.07) is 21.3. The molecule has 0 atom stereocenters. The molecule has 2 aromatic carbocycles. The van der Waals surface area contributed by atoms with Crippen LogP contribution in [-0.2, 0) is 0 Å². The molecule has 0 saturated carbocycles. The summed E-state index contributed by atoms with van der Waals surface area (Å²) in [6.07, 6.45) is 0. The van der Waals surface area contributed by atoms with Crippen LogP contribution in [0.5, 0.6) is 0 Å². The molecule has 83 heavy (non-hydrogen) atoms. The summed E-state index contributed by atoms with van der Waals surface area (Å²) in [6.45, 7) is 56.2. The van der Waals surface area contributed by atoms with Crippen molar-refractivity contribution < 1.29 is 0 Å². The number of rotatable bonds is 14. The molecule has 0 fully saturated rings. The van der Waals surface area contributed by atoms with E-state index < -0.39 is 75.6 Å². The van der Waals surface area contributed by atoms with Gasteiger partial charge in [-0.2, -0.15) is 0 Å². The number of nitrogens with one attached hydrogen (secondary N) is 9. The van der Waals surface area contributed by atoms with Gasteiger partial charge in [-0.25, -0.2) is 0 Å². The Morgan fingerprint density at radius 2 is 0.410 bits per heavy atom. The predicted molar refractivity (Wildman–Crippen MR) is 457 cm³/mol. The van der Waals surface area contributed by atoms with E-state index in [2.05, 4.69) is 256 Å². The summed E-state index contributed by atoms with van der Waals surface area (Å²) < 4.78 is 0. The molecule has 0 amide bonds. The largest absolute Gasteiger partial charge is 0.343 e. The first kappa shape index (κ1) is 166. The lowest BCUT2D eigenvalue weighted by molar-refractivity contribution is 1.16. The smallest absolute Gasteiger partial charge is 0.151 e. The van der Waals surface area contributed by atoms with Crippen molar-refractivity contribution in [1.29, 1.82) is 0 Å². The molecule has 0 radical (unpaired) electrons. The highest BCUT2D eigenvalue weighted by Gasteiger charge is 2.21. The van der Waals surface area contributed by atoms with Crippen LogP contribution in [0.1, 0.15) is 134 Å². The van der Waals surface area contributed by atoms with Crippen LogP contribution in [0.4, 0.5) is 0 Å².